The second-order valence-electron chi connectivity index (χ2n) is 4.35. The molecule has 0 unspecified atom stereocenters. The maximum Gasteiger partial charge on any atom is 0.435 e. The molecule has 2 aromatic rings. The first-order valence-electron chi connectivity index (χ1n) is 5.92. The van der Waals surface area contributed by atoms with Gasteiger partial charge in [-0.15, -0.1) is 0 Å². The summed E-state index contributed by atoms with van der Waals surface area (Å²) in [5, 5.41) is 0. The molecule has 0 spiro atoms. The molecule has 0 bridgehead atoms. The summed E-state index contributed by atoms with van der Waals surface area (Å²) in [6.45, 7) is 0. The minimum absolute atomic E-state index is 0.0822. The molecule has 0 aliphatic heterocycles. The van der Waals surface area contributed by atoms with Crippen LogP contribution in [0.1, 0.15) is 5.69 Å². The number of rotatable bonds is 2. The molecule has 0 aliphatic carbocycles. The largest absolute Gasteiger partial charge is 0.435 e. The van der Waals surface area contributed by atoms with Crippen LogP contribution in [-0.2, 0) is 6.18 Å². The number of hydrogen-bond donors (Lipinski definition) is 1. The first-order valence-corrected chi connectivity index (χ1v) is 5.92. The molecular formula is C13H10F4N4O. The predicted molar refractivity (Wildman–Crippen MR) is 70.4 cm³/mol. The molecule has 5 nitrogen and oxygen atoms in total. The average Bonchev–Trinajstić information content (AvgIpc) is 2.45. The molecule has 0 aliphatic rings. The van der Waals surface area contributed by atoms with E-state index in [0.29, 0.717) is 4.90 Å². The van der Waals surface area contributed by atoms with Gasteiger partial charge in [0.25, 0.3) is 0 Å². The first-order chi connectivity index (χ1) is 10.2. The smallest absolute Gasteiger partial charge is 0.351 e. The van der Waals surface area contributed by atoms with Crippen LogP contribution in [-0.4, -0.2) is 23.0 Å². The fraction of sp³-hybridized carbons (Fsp3) is 0.154. The fourth-order valence-corrected chi connectivity index (χ4v) is 1.76. The van der Waals surface area contributed by atoms with E-state index < -0.39 is 29.4 Å². The van der Waals surface area contributed by atoms with Gasteiger partial charge in [-0.05, 0) is 18.2 Å². The second-order valence-corrected chi connectivity index (χ2v) is 4.35. The van der Waals surface area contributed by atoms with Gasteiger partial charge in [0.1, 0.15) is 5.82 Å². The van der Waals surface area contributed by atoms with Crippen molar-refractivity contribution in [2.75, 3.05) is 11.9 Å². The summed E-state index contributed by atoms with van der Waals surface area (Å²) in [6, 6.07) is 2.21. The Kier molecular flexibility index (Phi) is 3.98. The number of carbonyl (C=O) groups is 1. The van der Waals surface area contributed by atoms with Crippen molar-refractivity contribution < 1.29 is 22.4 Å². The van der Waals surface area contributed by atoms with Crippen molar-refractivity contribution in [2.24, 2.45) is 5.73 Å². The number of aromatic nitrogens is 2. The summed E-state index contributed by atoms with van der Waals surface area (Å²) in [4.78, 5) is 18.7. The first kappa shape index (κ1) is 15.7. The lowest BCUT2D eigenvalue weighted by atomic mass is 10.1. The fourth-order valence-electron chi connectivity index (χ4n) is 1.76. The van der Waals surface area contributed by atoms with Crippen molar-refractivity contribution in [1.82, 2.24) is 9.97 Å². The molecule has 0 aromatic carbocycles. The highest BCUT2D eigenvalue weighted by atomic mass is 19.4. The van der Waals surface area contributed by atoms with Crippen LogP contribution in [0.4, 0.5) is 28.0 Å². The maximum absolute atomic E-state index is 13.1. The summed E-state index contributed by atoms with van der Waals surface area (Å²) >= 11 is 0. The molecule has 0 saturated carbocycles. The SMILES string of the molecule is CN(C(N)=O)c1ccc(-c2cncc(F)c2)nc1C(F)(F)F. The van der Waals surface area contributed by atoms with E-state index in [1.165, 1.54) is 12.3 Å². The number of alkyl halides is 3. The molecule has 22 heavy (non-hydrogen) atoms. The van der Waals surface area contributed by atoms with Crippen molar-refractivity contribution in [3.8, 4) is 11.3 Å². The lowest BCUT2D eigenvalue weighted by Crippen LogP contribution is -2.33. The van der Waals surface area contributed by atoms with Gasteiger partial charge in [-0.3, -0.25) is 9.88 Å². The summed E-state index contributed by atoms with van der Waals surface area (Å²) in [7, 11) is 1.10. The standard InChI is InChI=1S/C13H10F4N4O/c1-21(12(18)22)10-3-2-9(20-11(10)13(15,16)17)7-4-8(14)6-19-5-7/h2-6H,1H3,(H2,18,22). The molecule has 2 heterocycles. The number of primary amides is 1. The van der Waals surface area contributed by atoms with Crippen LogP contribution in [0, 0.1) is 5.82 Å². The van der Waals surface area contributed by atoms with Crippen LogP contribution in [0.15, 0.2) is 30.6 Å². The molecule has 0 saturated heterocycles. The molecule has 2 N–H and O–H groups in total. The normalized spacial score (nSPS) is 11.3. The molecule has 2 rings (SSSR count). The Hall–Kier alpha value is -2.71. The second kappa shape index (κ2) is 5.58. The van der Waals surface area contributed by atoms with Crippen LogP contribution >= 0.6 is 0 Å². The Morgan fingerprint density at radius 1 is 1.27 bits per heavy atom. The van der Waals surface area contributed by atoms with Gasteiger partial charge in [0.2, 0.25) is 0 Å². The van der Waals surface area contributed by atoms with E-state index in [4.69, 9.17) is 5.73 Å². The van der Waals surface area contributed by atoms with E-state index >= 15 is 0 Å². The monoisotopic (exact) mass is 314 g/mol. The average molecular weight is 314 g/mol. The van der Waals surface area contributed by atoms with Crippen LogP contribution in [0.5, 0.6) is 0 Å². The Morgan fingerprint density at radius 2 is 1.95 bits per heavy atom. The number of amides is 2. The summed E-state index contributed by atoms with van der Waals surface area (Å²) in [6.07, 6.45) is -2.71. The number of anilines is 1. The van der Waals surface area contributed by atoms with Gasteiger partial charge in [0.05, 0.1) is 17.6 Å². The Labute approximate surface area is 122 Å². The molecule has 2 aromatic heterocycles. The van der Waals surface area contributed by atoms with E-state index in [2.05, 4.69) is 9.97 Å². The third-order valence-electron chi connectivity index (χ3n) is 2.84. The van der Waals surface area contributed by atoms with Gasteiger partial charge in [0.15, 0.2) is 5.69 Å². The number of nitrogens with two attached hydrogens (primary N) is 1. The third kappa shape index (κ3) is 3.13. The Balaban J connectivity index is 2.60. The maximum atomic E-state index is 13.1. The van der Waals surface area contributed by atoms with E-state index in [-0.39, 0.29) is 11.3 Å². The number of hydrogen-bond acceptors (Lipinski definition) is 3. The minimum Gasteiger partial charge on any atom is -0.351 e. The van der Waals surface area contributed by atoms with Gasteiger partial charge in [0, 0.05) is 18.8 Å². The van der Waals surface area contributed by atoms with E-state index in [9.17, 15) is 22.4 Å². The van der Waals surface area contributed by atoms with Gasteiger partial charge < -0.3 is 5.73 Å². The van der Waals surface area contributed by atoms with E-state index in [1.807, 2.05) is 0 Å². The molecule has 2 amide bonds. The quantitative estimate of drug-likeness (QED) is 0.866. The highest BCUT2D eigenvalue weighted by Crippen LogP contribution is 2.36. The zero-order valence-electron chi connectivity index (χ0n) is 11.2. The Bertz CT molecular complexity index is 717. The topological polar surface area (TPSA) is 72.1 Å². The van der Waals surface area contributed by atoms with Crippen molar-refractivity contribution in [1.29, 1.82) is 0 Å². The van der Waals surface area contributed by atoms with Gasteiger partial charge >= 0.3 is 12.2 Å². The molecule has 9 heteroatoms. The summed E-state index contributed by atoms with van der Waals surface area (Å²) < 4.78 is 52.5. The number of carbonyl (C=O) groups excluding carboxylic acids is 1. The van der Waals surface area contributed by atoms with E-state index in [1.54, 1.807) is 0 Å². The number of halogens is 4. The van der Waals surface area contributed by atoms with Gasteiger partial charge in [-0.1, -0.05) is 0 Å². The number of pyridine rings is 2. The van der Waals surface area contributed by atoms with Gasteiger partial charge in [-0.25, -0.2) is 14.2 Å². The van der Waals surface area contributed by atoms with Crippen molar-refractivity contribution in [3.05, 3.63) is 42.1 Å². The number of urea groups is 1. The van der Waals surface area contributed by atoms with Crippen molar-refractivity contribution in [2.45, 2.75) is 6.18 Å². The van der Waals surface area contributed by atoms with Gasteiger partial charge in [-0.2, -0.15) is 13.2 Å². The number of nitrogens with zero attached hydrogens (tertiary/aromatic N) is 3. The summed E-state index contributed by atoms with van der Waals surface area (Å²) in [5.41, 5.74) is 3.15. The predicted octanol–water partition coefficient (Wildman–Crippen LogP) is 2.82. The lowest BCUT2D eigenvalue weighted by Gasteiger charge is -2.20. The molecular weight excluding hydrogens is 304 g/mol. The zero-order valence-corrected chi connectivity index (χ0v) is 11.2. The Morgan fingerprint density at radius 3 is 2.50 bits per heavy atom. The zero-order chi connectivity index (χ0) is 16.5. The van der Waals surface area contributed by atoms with Crippen molar-refractivity contribution >= 4 is 11.7 Å². The molecule has 0 fully saturated rings. The summed E-state index contributed by atoms with van der Waals surface area (Å²) in [5.74, 6) is -0.703. The molecule has 116 valence electrons. The van der Waals surface area contributed by atoms with Crippen molar-refractivity contribution in [3.63, 3.8) is 0 Å². The molecule has 0 radical (unpaired) electrons. The van der Waals surface area contributed by atoms with Crippen LogP contribution < -0.4 is 10.6 Å². The third-order valence-corrected chi connectivity index (χ3v) is 2.84. The highest BCUT2D eigenvalue weighted by molar-refractivity contribution is 5.91. The molecule has 0 atom stereocenters. The van der Waals surface area contributed by atoms with E-state index in [0.717, 1.165) is 25.4 Å². The van der Waals surface area contributed by atoms with Crippen LogP contribution in [0.25, 0.3) is 11.3 Å². The van der Waals surface area contributed by atoms with Crippen LogP contribution in [0.2, 0.25) is 0 Å². The van der Waals surface area contributed by atoms with Crippen LogP contribution in [0.3, 0.4) is 0 Å². The lowest BCUT2D eigenvalue weighted by molar-refractivity contribution is -0.140. The highest BCUT2D eigenvalue weighted by Gasteiger charge is 2.37. The minimum atomic E-state index is -4.81.